The fraction of sp³-hybridized carbons (Fsp3) is 0.289. The number of benzene rings is 9. The third-order valence-corrected chi connectivity index (χ3v) is 20.1. The van der Waals surface area contributed by atoms with Crippen LogP contribution in [-0.2, 0) is 19.2 Å². The molecule has 9 N–H and O–H groups in total. The zero-order valence-corrected chi connectivity index (χ0v) is 69.5. The lowest BCUT2D eigenvalue weighted by Gasteiger charge is -2.23. The number of aromatic hydroxyl groups is 4. The minimum absolute atomic E-state index is 0.0988. The van der Waals surface area contributed by atoms with Gasteiger partial charge in [-0.15, -0.1) is 0 Å². The van der Waals surface area contributed by atoms with Crippen LogP contribution in [0.2, 0.25) is 35.2 Å². The molecule has 0 fully saturated rings. The third kappa shape index (κ3) is 24.5. The Morgan fingerprint density at radius 1 is 0.407 bits per heavy atom. The number of hydrogen-bond acceptors (Lipinski definition) is 13. The van der Waals surface area contributed by atoms with Crippen LogP contribution >= 0.6 is 81.2 Å². The summed E-state index contributed by atoms with van der Waals surface area (Å²) in [6.07, 6.45) is 0.432. The number of unbranched alkanes of at least 4 members (excludes halogenated alkanes) is 1. The first kappa shape index (κ1) is 92.3. The van der Waals surface area contributed by atoms with Crippen LogP contribution in [0, 0.1) is 111 Å². The zero-order valence-electron chi connectivity index (χ0n) is 64.2. The first-order chi connectivity index (χ1) is 53.0. The van der Waals surface area contributed by atoms with Gasteiger partial charge in [0.25, 0.3) is 29.5 Å². The van der Waals surface area contributed by atoms with Crippen molar-refractivity contribution in [2.45, 2.75) is 148 Å². The quantitative estimate of drug-likeness (QED) is 0.0125. The number of carbonyl (C=O) groups is 5. The molecule has 604 valence electrons. The van der Waals surface area contributed by atoms with Crippen molar-refractivity contribution in [1.29, 1.82) is 0 Å². The van der Waals surface area contributed by atoms with E-state index in [1.54, 1.807) is 40.7 Å². The van der Waals surface area contributed by atoms with Crippen molar-refractivity contribution < 1.29 is 85.3 Å². The van der Waals surface area contributed by atoms with Gasteiger partial charge in [0.2, 0.25) is 5.82 Å². The van der Waals surface area contributed by atoms with Gasteiger partial charge in [0.1, 0.15) is 34.3 Å². The van der Waals surface area contributed by atoms with Crippen LogP contribution in [0.1, 0.15) is 125 Å². The molecule has 113 heavy (non-hydrogen) atoms. The molecule has 3 atom stereocenters. The Hall–Kier alpha value is -9.59. The van der Waals surface area contributed by atoms with Crippen LogP contribution in [0.15, 0.2) is 103 Å². The van der Waals surface area contributed by atoms with Crippen LogP contribution in [0.5, 0.6) is 46.0 Å². The standard InChI is InChI=1S/C26H22ClF5N2O4.C21H25Cl2NO3.C19H21Cl2NO3.C17H17Cl2NO3/c1-10(2)24(38-17-6-5-11(3)7-12(17)4)26(37)33-14-9-16(35)15(8-13(14)27)34-25(36)18-19(28)21(30)23(32)22(31)20(18)29;1-5-6-7-18(27-17-9-8-12(2)10-13(17)3)21(26)24-16-11-15(22)14(4)19(23)20(16)25;1-5-15(25-16-7-6-10(2)8-11(16)3)19(24)22-14-9-13(20)12(4)17(21)18(14)23;1-9-4-5-14(10(2)6-9)23-8-15(21)20-13-7-12(18)11(3)16(19)17(13)22/h5-10,24,35H,1-4H3,(H,33,37)(H,34,36);8-11,18,25H,5-7H2,1-4H3,(H,24,26);6-9,15,23H,5H2,1-4H3,(H,22,24);4-7,22H,8H2,1-3H3,(H,20,21). The van der Waals surface area contributed by atoms with E-state index in [-0.39, 0.29) is 84.4 Å². The lowest BCUT2D eigenvalue weighted by atomic mass is 10.1. The second kappa shape index (κ2) is 41.4. The number of anilines is 5. The van der Waals surface area contributed by atoms with Gasteiger partial charge >= 0.3 is 0 Å². The molecule has 0 heterocycles. The van der Waals surface area contributed by atoms with E-state index in [2.05, 4.69) is 28.2 Å². The highest BCUT2D eigenvalue weighted by atomic mass is 35.5. The van der Waals surface area contributed by atoms with Crippen LogP contribution in [0.4, 0.5) is 50.4 Å². The highest BCUT2D eigenvalue weighted by Crippen LogP contribution is 2.43. The predicted molar refractivity (Wildman–Crippen MR) is 437 cm³/mol. The van der Waals surface area contributed by atoms with Crippen LogP contribution in [0.25, 0.3) is 0 Å². The van der Waals surface area contributed by atoms with Crippen molar-refractivity contribution in [3.05, 3.63) is 234 Å². The summed E-state index contributed by atoms with van der Waals surface area (Å²) in [6.45, 7) is 27.8. The molecule has 30 heteroatoms. The molecule has 5 amide bonds. The van der Waals surface area contributed by atoms with Crippen LogP contribution in [-0.4, -0.2) is 74.9 Å². The topological polar surface area (TPSA) is 263 Å². The highest BCUT2D eigenvalue weighted by molar-refractivity contribution is 6.39. The van der Waals surface area contributed by atoms with Gasteiger partial charge in [-0.2, -0.15) is 0 Å². The SMILES string of the molecule is CCC(Oc1ccc(C)cc1C)C(=O)Nc1cc(Cl)c(C)c(Cl)c1O.CCCCC(Oc1ccc(C)cc1C)C(=O)Nc1cc(Cl)c(C)c(Cl)c1O.Cc1ccc(OC(C(=O)Nc2cc(O)c(NC(=O)c3c(F)c(F)c(F)c(F)c3F)cc2Cl)C(C)C)c(C)c1.Cc1ccc(OCC(=O)Nc2cc(Cl)c(C)c(Cl)c2O)c(C)c1. The van der Waals surface area contributed by atoms with Gasteiger partial charge in [0.15, 0.2) is 65.4 Å². The molecule has 0 bridgehead atoms. The summed E-state index contributed by atoms with van der Waals surface area (Å²) in [5.74, 6) is -14.4. The Morgan fingerprint density at radius 3 is 1.15 bits per heavy atom. The number of amides is 5. The first-order valence-electron chi connectivity index (χ1n) is 35.0. The molecule has 0 spiro atoms. The van der Waals surface area contributed by atoms with E-state index >= 15 is 0 Å². The molecule has 3 unspecified atom stereocenters. The maximum absolute atomic E-state index is 14.0. The van der Waals surface area contributed by atoms with Gasteiger partial charge in [-0.25, -0.2) is 22.0 Å². The maximum Gasteiger partial charge on any atom is 0.265 e. The summed E-state index contributed by atoms with van der Waals surface area (Å²) in [4.78, 5) is 62.7. The van der Waals surface area contributed by atoms with E-state index in [0.717, 1.165) is 69.5 Å². The number of rotatable bonds is 23. The Morgan fingerprint density at radius 2 is 0.761 bits per heavy atom. The minimum Gasteiger partial charge on any atom is -0.506 e. The van der Waals surface area contributed by atoms with Crippen molar-refractivity contribution in [2.75, 3.05) is 33.2 Å². The Kier molecular flexibility index (Phi) is 33.8. The monoisotopic (exact) mass is 1700 g/mol. The minimum atomic E-state index is -2.43. The van der Waals surface area contributed by atoms with Crippen molar-refractivity contribution in [2.24, 2.45) is 5.92 Å². The molecular formula is C83H85Cl7F5N5O13. The second-order valence-electron chi connectivity index (χ2n) is 26.8. The molecular weight excluding hydrogens is 1620 g/mol. The largest absolute Gasteiger partial charge is 0.506 e. The van der Waals surface area contributed by atoms with Crippen LogP contribution < -0.4 is 45.5 Å². The van der Waals surface area contributed by atoms with E-state index in [0.29, 0.717) is 67.6 Å². The number of nitrogens with one attached hydrogen (secondary N) is 5. The summed E-state index contributed by atoms with van der Waals surface area (Å²) in [5, 5.41) is 54.1. The van der Waals surface area contributed by atoms with E-state index in [1.165, 1.54) is 18.2 Å². The fourth-order valence-electron chi connectivity index (χ4n) is 10.8. The number of phenolic OH excluding ortho intramolecular Hbond substituents is 4. The van der Waals surface area contributed by atoms with Gasteiger partial charge in [-0.1, -0.05) is 186 Å². The third-order valence-electron chi connectivity index (χ3n) is 17.2. The molecule has 0 radical (unpaired) electrons. The van der Waals surface area contributed by atoms with Gasteiger partial charge in [-0.05, 0) is 189 Å². The zero-order chi connectivity index (χ0) is 84.5. The van der Waals surface area contributed by atoms with Gasteiger partial charge in [-0.3, -0.25) is 24.0 Å². The van der Waals surface area contributed by atoms with E-state index in [1.807, 2.05) is 134 Å². The van der Waals surface area contributed by atoms with Crippen molar-refractivity contribution in [3.8, 4) is 46.0 Å². The Balaban J connectivity index is 0.000000240. The summed E-state index contributed by atoms with van der Waals surface area (Å²) in [7, 11) is 0. The number of ether oxygens (including phenoxy) is 4. The van der Waals surface area contributed by atoms with Gasteiger partial charge in [0.05, 0.1) is 48.5 Å². The molecule has 0 aliphatic heterocycles. The molecule has 0 saturated heterocycles. The first-order valence-corrected chi connectivity index (χ1v) is 37.7. The second-order valence-corrected chi connectivity index (χ2v) is 29.5. The molecule has 9 aromatic carbocycles. The lowest BCUT2D eigenvalue weighted by Crippen LogP contribution is -2.37. The highest BCUT2D eigenvalue weighted by Gasteiger charge is 2.32. The van der Waals surface area contributed by atoms with Gasteiger partial charge in [0, 0.05) is 21.1 Å². The molecule has 9 rings (SSSR count). The summed E-state index contributed by atoms with van der Waals surface area (Å²) in [6, 6.07) is 29.0. The molecule has 0 aromatic heterocycles. The summed E-state index contributed by atoms with van der Waals surface area (Å²) < 4.78 is 91.3. The van der Waals surface area contributed by atoms with Crippen molar-refractivity contribution in [1.82, 2.24) is 0 Å². The molecule has 0 aliphatic rings. The summed E-state index contributed by atoms with van der Waals surface area (Å²) in [5.41, 5.74) is 7.83. The normalized spacial score (nSPS) is 11.6. The van der Waals surface area contributed by atoms with E-state index in [9.17, 15) is 66.4 Å². The average molecular weight is 1700 g/mol. The van der Waals surface area contributed by atoms with Crippen molar-refractivity contribution >= 4 is 139 Å². The number of halogens is 12. The molecule has 0 saturated carbocycles. The molecule has 9 aromatic rings. The van der Waals surface area contributed by atoms with Gasteiger partial charge < -0.3 is 66.0 Å². The Labute approximate surface area is 687 Å². The average Bonchev–Trinajstić information content (AvgIpc) is 0.769. The number of phenols is 4. The van der Waals surface area contributed by atoms with Crippen LogP contribution in [0.3, 0.4) is 0 Å². The summed E-state index contributed by atoms with van der Waals surface area (Å²) >= 11 is 42.4. The smallest absolute Gasteiger partial charge is 0.265 e. The maximum atomic E-state index is 14.0. The van der Waals surface area contributed by atoms with E-state index < -0.39 is 82.1 Å². The fourth-order valence-corrected chi connectivity index (χ4v) is 12.3. The number of carbonyl (C=O) groups excluding carboxylic acids is 5. The number of hydrogen-bond donors (Lipinski definition) is 9. The molecule has 18 nitrogen and oxygen atoms in total. The van der Waals surface area contributed by atoms with E-state index in [4.69, 9.17) is 100 Å². The Bertz CT molecular complexity index is 5030. The predicted octanol–water partition coefficient (Wildman–Crippen LogP) is 22.9. The van der Waals surface area contributed by atoms with Crippen molar-refractivity contribution in [3.63, 3.8) is 0 Å². The lowest BCUT2D eigenvalue weighted by molar-refractivity contribution is -0.124. The molecule has 0 aliphatic carbocycles. The number of aryl methyl sites for hydroxylation is 8.